The van der Waals surface area contributed by atoms with Gasteiger partial charge in [-0.05, 0) is 36.5 Å². The summed E-state index contributed by atoms with van der Waals surface area (Å²) in [5, 5.41) is 2.47. The van der Waals surface area contributed by atoms with Crippen LogP contribution in [-0.2, 0) is 14.3 Å². The van der Waals surface area contributed by atoms with Crippen LogP contribution in [0.15, 0.2) is 24.3 Å². The van der Waals surface area contributed by atoms with Crippen LogP contribution >= 0.6 is 0 Å². The zero-order valence-electron chi connectivity index (χ0n) is 15.5. The summed E-state index contributed by atoms with van der Waals surface area (Å²) < 4.78 is 10.0. The zero-order chi connectivity index (χ0) is 19.1. The lowest BCUT2D eigenvalue weighted by molar-refractivity contribution is -0.152. The molecule has 26 heavy (non-hydrogen) atoms. The molecule has 1 aliphatic heterocycles. The highest BCUT2D eigenvalue weighted by atomic mass is 16.5. The number of likely N-dealkylation sites (tertiary alicyclic amines) is 1. The predicted molar refractivity (Wildman–Crippen MR) is 95.8 cm³/mol. The Morgan fingerprint density at radius 2 is 1.88 bits per heavy atom. The molecule has 1 heterocycles. The van der Waals surface area contributed by atoms with E-state index in [4.69, 9.17) is 9.47 Å². The van der Waals surface area contributed by atoms with E-state index in [-0.39, 0.29) is 19.1 Å². The van der Waals surface area contributed by atoms with Gasteiger partial charge in [0.1, 0.15) is 12.3 Å². The fraction of sp³-hybridized carbons (Fsp3) is 0.526. The third kappa shape index (κ3) is 5.75. The zero-order valence-corrected chi connectivity index (χ0v) is 15.5. The topological polar surface area (TPSA) is 84.9 Å². The third-order valence-electron chi connectivity index (χ3n) is 4.30. The van der Waals surface area contributed by atoms with E-state index in [1.807, 2.05) is 0 Å². The number of carbonyl (C=O) groups is 3. The predicted octanol–water partition coefficient (Wildman–Crippen LogP) is 1.47. The SMILES string of the molecule is COc1cccc(C(=O)NCC(=O)OCC(=O)N2C[C@@H](C)C[C@H](C)C2)c1. The van der Waals surface area contributed by atoms with E-state index in [9.17, 15) is 14.4 Å². The quantitative estimate of drug-likeness (QED) is 0.775. The summed E-state index contributed by atoms with van der Waals surface area (Å²) in [5.41, 5.74) is 0.379. The molecule has 2 amide bonds. The Bertz CT molecular complexity index is 651. The van der Waals surface area contributed by atoms with Crippen molar-refractivity contribution in [3.63, 3.8) is 0 Å². The lowest BCUT2D eigenvalue weighted by atomic mass is 9.92. The van der Waals surface area contributed by atoms with Crippen molar-refractivity contribution < 1.29 is 23.9 Å². The molecule has 2 rings (SSSR count). The van der Waals surface area contributed by atoms with Gasteiger partial charge in [-0.25, -0.2) is 0 Å². The Morgan fingerprint density at radius 3 is 2.54 bits per heavy atom. The summed E-state index contributed by atoms with van der Waals surface area (Å²) in [6, 6.07) is 6.60. The Labute approximate surface area is 153 Å². The molecule has 142 valence electrons. The number of piperidine rings is 1. The van der Waals surface area contributed by atoms with Crippen molar-refractivity contribution in [2.24, 2.45) is 11.8 Å². The Morgan fingerprint density at radius 1 is 1.19 bits per heavy atom. The van der Waals surface area contributed by atoms with Gasteiger partial charge in [-0.2, -0.15) is 0 Å². The van der Waals surface area contributed by atoms with E-state index in [0.29, 0.717) is 36.2 Å². The number of hydrogen-bond donors (Lipinski definition) is 1. The molecule has 2 atom stereocenters. The number of nitrogens with one attached hydrogen (secondary N) is 1. The Kier molecular flexibility index (Phi) is 7.00. The molecule has 7 heteroatoms. The largest absolute Gasteiger partial charge is 0.497 e. The fourth-order valence-electron chi connectivity index (χ4n) is 3.17. The number of rotatable bonds is 6. The smallest absolute Gasteiger partial charge is 0.325 e. The second-order valence-electron chi connectivity index (χ2n) is 6.82. The van der Waals surface area contributed by atoms with Crippen LogP contribution in [0, 0.1) is 11.8 Å². The molecule has 0 aliphatic carbocycles. The van der Waals surface area contributed by atoms with Crippen LogP contribution in [-0.4, -0.2) is 56.0 Å². The summed E-state index contributed by atoms with van der Waals surface area (Å²) in [7, 11) is 1.51. The van der Waals surface area contributed by atoms with Gasteiger partial charge >= 0.3 is 5.97 Å². The number of methoxy groups -OCH3 is 1. The van der Waals surface area contributed by atoms with E-state index >= 15 is 0 Å². The van der Waals surface area contributed by atoms with Crippen molar-refractivity contribution in [3.05, 3.63) is 29.8 Å². The van der Waals surface area contributed by atoms with Crippen LogP contribution in [0.4, 0.5) is 0 Å². The van der Waals surface area contributed by atoms with Gasteiger partial charge in [-0.15, -0.1) is 0 Å². The van der Waals surface area contributed by atoms with Crippen LogP contribution < -0.4 is 10.1 Å². The molecule has 1 aromatic rings. The fourth-order valence-corrected chi connectivity index (χ4v) is 3.17. The molecular weight excluding hydrogens is 336 g/mol. The second-order valence-corrected chi connectivity index (χ2v) is 6.82. The van der Waals surface area contributed by atoms with Crippen LogP contribution in [0.5, 0.6) is 5.75 Å². The first-order valence-electron chi connectivity index (χ1n) is 8.74. The van der Waals surface area contributed by atoms with Crippen molar-refractivity contribution >= 4 is 17.8 Å². The number of hydrogen-bond acceptors (Lipinski definition) is 5. The maximum Gasteiger partial charge on any atom is 0.325 e. The number of amides is 2. The first-order valence-corrected chi connectivity index (χ1v) is 8.74. The lowest BCUT2D eigenvalue weighted by Gasteiger charge is -2.34. The van der Waals surface area contributed by atoms with Gasteiger partial charge in [0.2, 0.25) is 0 Å². The minimum Gasteiger partial charge on any atom is -0.497 e. The number of nitrogens with zero attached hydrogens (tertiary/aromatic N) is 1. The van der Waals surface area contributed by atoms with Gasteiger partial charge in [-0.3, -0.25) is 14.4 Å². The van der Waals surface area contributed by atoms with Gasteiger partial charge in [0.25, 0.3) is 11.8 Å². The monoisotopic (exact) mass is 362 g/mol. The summed E-state index contributed by atoms with van der Waals surface area (Å²) in [4.78, 5) is 37.7. The molecule has 0 aromatic heterocycles. The number of benzene rings is 1. The number of carbonyl (C=O) groups excluding carboxylic acids is 3. The van der Waals surface area contributed by atoms with Gasteiger partial charge in [0, 0.05) is 18.7 Å². The summed E-state index contributed by atoms with van der Waals surface area (Å²) in [6.45, 7) is 5.00. The molecule has 0 radical (unpaired) electrons. The van der Waals surface area contributed by atoms with E-state index in [1.165, 1.54) is 7.11 Å². The van der Waals surface area contributed by atoms with Crippen molar-refractivity contribution in [3.8, 4) is 5.75 Å². The van der Waals surface area contributed by atoms with Crippen LogP contribution in [0.2, 0.25) is 0 Å². The average Bonchev–Trinajstić information content (AvgIpc) is 2.63. The Balaban J connectivity index is 1.74. The second kappa shape index (κ2) is 9.22. The summed E-state index contributed by atoms with van der Waals surface area (Å²) >= 11 is 0. The normalized spacial score (nSPS) is 19.6. The first kappa shape index (κ1) is 19.8. The average molecular weight is 362 g/mol. The van der Waals surface area contributed by atoms with E-state index in [2.05, 4.69) is 19.2 Å². The molecule has 0 bridgehead atoms. The van der Waals surface area contributed by atoms with Gasteiger partial charge in [0.15, 0.2) is 6.61 Å². The maximum absolute atomic E-state index is 12.2. The number of ether oxygens (including phenoxy) is 2. The number of esters is 1. The molecule has 0 unspecified atom stereocenters. The van der Waals surface area contributed by atoms with Crippen molar-refractivity contribution in [1.82, 2.24) is 10.2 Å². The van der Waals surface area contributed by atoms with E-state index < -0.39 is 11.9 Å². The highest BCUT2D eigenvalue weighted by Gasteiger charge is 2.25. The minimum atomic E-state index is -0.646. The van der Waals surface area contributed by atoms with Gasteiger partial charge in [0.05, 0.1) is 7.11 Å². The minimum absolute atomic E-state index is 0.198. The molecule has 1 aromatic carbocycles. The summed E-state index contributed by atoms with van der Waals surface area (Å²) in [6.07, 6.45) is 1.10. The maximum atomic E-state index is 12.2. The lowest BCUT2D eigenvalue weighted by Crippen LogP contribution is -2.44. The standard InChI is InChI=1S/C19H26N2O5/c1-13-7-14(2)11-21(10-13)17(22)12-26-18(23)9-20-19(24)15-5-4-6-16(8-15)25-3/h4-6,8,13-14H,7,9-12H2,1-3H3,(H,20,24)/t13-,14-/m0/s1. The Hall–Kier alpha value is -2.57. The molecule has 1 N–H and O–H groups in total. The van der Waals surface area contributed by atoms with Gasteiger partial charge < -0.3 is 19.7 Å². The molecule has 0 saturated carbocycles. The highest BCUT2D eigenvalue weighted by Crippen LogP contribution is 2.20. The first-order chi connectivity index (χ1) is 12.4. The third-order valence-corrected chi connectivity index (χ3v) is 4.30. The highest BCUT2D eigenvalue weighted by molar-refractivity contribution is 5.96. The van der Waals surface area contributed by atoms with Crippen LogP contribution in [0.3, 0.4) is 0 Å². The van der Waals surface area contributed by atoms with Crippen molar-refractivity contribution in [1.29, 1.82) is 0 Å². The van der Waals surface area contributed by atoms with Crippen molar-refractivity contribution in [2.45, 2.75) is 20.3 Å². The molecule has 0 spiro atoms. The molecule has 7 nitrogen and oxygen atoms in total. The van der Waals surface area contributed by atoms with Gasteiger partial charge in [-0.1, -0.05) is 19.9 Å². The van der Waals surface area contributed by atoms with Crippen LogP contribution in [0.25, 0.3) is 0 Å². The molecule has 1 fully saturated rings. The molecular formula is C19H26N2O5. The molecule has 1 saturated heterocycles. The van der Waals surface area contributed by atoms with E-state index in [0.717, 1.165) is 6.42 Å². The molecule has 1 aliphatic rings. The van der Waals surface area contributed by atoms with Crippen LogP contribution in [0.1, 0.15) is 30.6 Å². The van der Waals surface area contributed by atoms with E-state index in [1.54, 1.807) is 29.2 Å². The summed E-state index contributed by atoms with van der Waals surface area (Å²) in [5.74, 6) is 0.186. The van der Waals surface area contributed by atoms with Crippen molar-refractivity contribution in [2.75, 3.05) is 33.4 Å².